The van der Waals surface area contributed by atoms with Gasteiger partial charge in [-0.2, -0.15) is 0 Å². The second kappa shape index (κ2) is 4.78. The Kier molecular flexibility index (Phi) is 3.67. The number of pyridine rings is 1. The quantitative estimate of drug-likeness (QED) is 0.732. The maximum atomic E-state index is 5.16. The standard InChI is InChI=1S/C9H14N2O3/c1-6(14-10)8-7(12-2)4-5-11-9(8)13-3/h4-6H,10H2,1-3H3. The minimum atomic E-state index is -0.325. The maximum Gasteiger partial charge on any atom is 0.222 e. The van der Waals surface area contributed by atoms with Crippen molar-refractivity contribution < 1.29 is 14.3 Å². The maximum absolute atomic E-state index is 5.16. The Morgan fingerprint density at radius 2 is 2.07 bits per heavy atom. The molecule has 5 heteroatoms. The van der Waals surface area contributed by atoms with E-state index in [1.54, 1.807) is 26.3 Å². The molecule has 1 unspecified atom stereocenters. The first-order chi connectivity index (χ1) is 6.74. The van der Waals surface area contributed by atoms with Gasteiger partial charge in [0.25, 0.3) is 0 Å². The second-order valence-corrected chi connectivity index (χ2v) is 2.71. The molecule has 1 heterocycles. The molecular weight excluding hydrogens is 184 g/mol. The molecule has 1 aromatic heterocycles. The molecule has 0 aliphatic rings. The van der Waals surface area contributed by atoms with Crippen molar-refractivity contribution >= 4 is 0 Å². The van der Waals surface area contributed by atoms with E-state index in [1.807, 2.05) is 0 Å². The monoisotopic (exact) mass is 198 g/mol. The van der Waals surface area contributed by atoms with Gasteiger partial charge < -0.3 is 9.47 Å². The van der Waals surface area contributed by atoms with E-state index >= 15 is 0 Å². The minimum Gasteiger partial charge on any atom is -0.496 e. The highest BCUT2D eigenvalue weighted by atomic mass is 16.6. The molecule has 78 valence electrons. The van der Waals surface area contributed by atoms with Crippen molar-refractivity contribution in [3.8, 4) is 11.6 Å². The molecule has 0 aliphatic heterocycles. The van der Waals surface area contributed by atoms with E-state index < -0.39 is 0 Å². The molecule has 0 saturated heterocycles. The zero-order chi connectivity index (χ0) is 10.6. The number of methoxy groups -OCH3 is 2. The average molecular weight is 198 g/mol. The molecule has 14 heavy (non-hydrogen) atoms. The van der Waals surface area contributed by atoms with Gasteiger partial charge in [-0.25, -0.2) is 10.9 Å². The highest BCUT2D eigenvalue weighted by Gasteiger charge is 2.17. The number of nitrogens with two attached hydrogens (primary N) is 1. The third-order valence-corrected chi connectivity index (χ3v) is 1.94. The Hall–Kier alpha value is -1.33. The topological polar surface area (TPSA) is 66.6 Å². The van der Waals surface area contributed by atoms with Crippen LogP contribution in [0.3, 0.4) is 0 Å². The van der Waals surface area contributed by atoms with Gasteiger partial charge in [-0.3, -0.25) is 4.84 Å². The Morgan fingerprint density at radius 3 is 2.57 bits per heavy atom. The van der Waals surface area contributed by atoms with Crippen LogP contribution in [0, 0.1) is 0 Å². The first kappa shape index (κ1) is 10.7. The van der Waals surface area contributed by atoms with Gasteiger partial charge in [0.1, 0.15) is 11.9 Å². The van der Waals surface area contributed by atoms with Crippen LogP contribution in [-0.4, -0.2) is 19.2 Å². The van der Waals surface area contributed by atoms with Crippen LogP contribution in [-0.2, 0) is 4.84 Å². The fourth-order valence-electron chi connectivity index (χ4n) is 1.22. The van der Waals surface area contributed by atoms with Crippen LogP contribution in [0.4, 0.5) is 0 Å². The summed E-state index contributed by atoms with van der Waals surface area (Å²) in [5, 5.41) is 0. The molecule has 1 atom stereocenters. The van der Waals surface area contributed by atoms with E-state index in [-0.39, 0.29) is 6.10 Å². The van der Waals surface area contributed by atoms with Gasteiger partial charge in [-0.1, -0.05) is 0 Å². The van der Waals surface area contributed by atoms with Crippen LogP contribution in [0.25, 0.3) is 0 Å². The number of hydrogen-bond acceptors (Lipinski definition) is 5. The smallest absolute Gasteiger partial charge is 0.222 e. The summed E-state index contributed by atoms with van der Waals surface area (Å²) in [6.45, 7) is 1.79. The molecule has 0 bridgehead atoms. The summed E-state index contributed by atoms with van der Waals surface area (Å²) >= 11 is 0. The van der Waals surface area contributed by atoms with Crippen LogP contribution < -0.4 is 15.4 Å². The first-order valence-corrected chi connectivity index (χ1v) is 4.17. The zero-order valence-corrected chi connectivity index (χ0v) is 8.48. The molecule has 5 nitrogen and oxygen atoms in total. The summed E-state index contributed by atoms with van der Waals surface area (Å²) in [6.07, 6.45) is 1.28. The predicted octanol–water partition coefficient (Wildman–Crippen LogP) is 1.05. The van der Waals surface area contributed by atoms with Crippen molar-refractivity contribution in [2.45, 2.75) is 13.0 Å². The van der Waals surface area contributed by atoms with Gasteiger partial charge in [0.05, 0.1) is 19.8 Å². The van der Waals surface area contributed by atoms with E-state index in [9.17, 15) is 0 Å². The molecule has 1 aromatic rings. The Balaban J connectivity index is 3.18. The Bertz CT molecular complexity index is 282. The zero-order valence-electron chi connectivity index (χ0n) is 8.48. The molecule has 0 saturated carbocycles. The molecular formula is C9H14N2O3. The lowest BCUT2D eigenvalue weighted by Crippen LogP contribution is -2.09. The van der Waals surface area contributed by atoms with Gasteiger partial charge in [0, 0.05) is 6.20 Å². The van der Waals surface area contributed by atoms with Crippen molar-refractivity contribution in [2.75, 3.05) is 14.2 Å². The summed E-state index contributed by atoms with van der Waals surface area (Å²) in [4.78, 5) is 8.76. The highest BCUT2D eigenvalue weighted by molar-refractivity contribution is 5.41. The number of rotatable bonds is 4. The van der Waals surface area contributed by atoms with Crippen LogP contribution >= 0.6 is 0 Å². The van der Waals surface area contributed by atoms with Crippen LogP contribution in [0.1, 0.15) is 18.6 Å². The van der Waals surface area contributed by atoms with E-state index in [0.717, 1.165) is 0 Å². The largest absolute Gasteiger partial charge is 0.496 e. The average Bonchev–Trinajstić information content (AvgIpc) is 2.26. The van der Waals surface area contributed by atoms with Crippen LogP contribution in [0.2, 0.25) is 0 Å². The number of hydrogen-bond donors (Lipinski definition) is 1. The molecule has 0 radical (unpaired) electrons. The number of aromatic nitrogens is 1. The fourth-order valence-corrected chi connectivity index (χ4v) is 1.22. The lowest BCUT2D eigenvalue weighted by atomic mass is 10.1. The van der Waals surface area contributed by atoms with E-state index in [2.05, 4.69) is 4.98 Å². The molecule has 0 aliphatic carbocycles. The molecule has 0 amide bonds. The SMILES string of the molecule is COc1ccnc(OC)c1C(C)ON. The van der Waals surface area contributed by atoms with Gasteiger partial charge in [0.2, 0.25) is 5.88 Å². The summed E-state index contributed by atoms with van der Waals surface area (Å²) in [6, 6.07) is 1.73. The van der Waals surface area contributed by atoms with Crippen LogP contribution in [0.5, 0.6) is 11.6 Å². The van der Waals surface area contributed by atoms with Crippen molar-refractivity contribution in [1.29, 1.82) is 0 Å². The summed E-state index contributed by atoms with van der Waals surface area (Å²) in [7, 11) is 3.11. The normalized spacial score (nSPS) is 12.3. The highest BCUT2D eigenvalue weighted by Crippen LogP contribution is 2.32. The van der Waals surface area contributed by atoms with Crippen molar-refractivity contribution in [1.82, 2.24) is 4.98 Å². The van der Waals surface area contributed by atoms with E-state index in [4.69, 9.17) is 20.2 Å². The third kappa shape index (κ3) is 1.94. The summed E-state index contributed by atoms with van der Waals surface area (Å²) in [5.74, 6) is 6.22. The molecule has 2 N–H and O–H groups in total. The van der Waals surface area contributed by atoms with E-state index in [1.165, 1.54) is 7.11 Å². The fraction of sp³-hybridized carbons (Fsp3) is 0.444. The molecule has 0 aromatic carbocycles. The molecule has 1 rings (SSSR count). The number of nitrogens with zero attached hydrogens (tertiary/aromatic N) is 1. The molecule has 0 spiro atoms. The van der Waals surface area contributed by atoms with Gasteiger partial charge in [-0.05, 0) is 13.0 Å². The van der Waals surface area contributed by atoms with Crippen LogP contribution in [0.15, 0.2) is 12.3 Å². The molecule has 0 fully saturated rings. The van der Waals surface area contributed by atoms with Gasteiger partial charge >= 0.3 is 0 Å². The third-order valence-electron chi connectivity index (χ3n) is 1.94. The minimum absolute atomic E-state index is 0.325. The lowest BCUT2D eigenvalue weighted by molar-refractivity contribution is 0.0622. The second-order valence-electron chi connectivity index (χ2n) is 2.71. The van der Waals surface area contributed by atoms with Crippen molar-refractivity contribution in [2.24, 2.45) is 5.90 Å². The first-order valence-electron chi connectivity index (χ1n) is 4.17. The van der Waals surface area contributed by atoms with E-state index in [0.29, 0.717) is 17.2 Å². The lowest BCUT2D eigenvalue weighted by Gasteiger charge is -2.15. The van der Waals surface area contributed by atoms with Gasteiger partial charge in [0.15, 0.2) is 0 Å². The predicted molar refractivity (Wildman–Crippen MR) is 51.0 cm³/mol. The summed E-state index contributed by atoms with van der Waals surface area (Å²) in [5.41, 5.74) is 0.708. The van der Waals surface area contributed by atoms with Crippen molar-refractivity contribution in [3.63, 3.8) is 0 Å². The van der Waals surface area contributed by atoms with Crippen molar-refractivity contribution in [3.05, 3.63) is 17.8 Å². The Labute approximate surface area is 82.7 Å². The van der Waals surface area contributed by atoms with Gasteiger partial charge in [-0.15, -0.1) is 0 Å². The summed E-state index contributed by atoms with van der Waals surface area (Å²) < 4.78 is 10.2. The number of ether oxygens (including phenoxy) is 2. The Morgan fingerprint density at radius 1 is 1.36 bits per heavy atom.